The number of thioether (sulfide) groups is 1. The van der Waals surface area contributed by atoms with Crippen molar-refractivity contribution in [1.82, 2.24) is 14.7 Å². The molecule has 1 aromatic rings. The van der Waals surface area contributed by atoms with E-state index in [9.17, 15) is 0 Å². The zero-order chi connectivity index (χ0) is 14.5. The van der Waals surface area contributed by atoms with Crippen molar-refractivity contribution in [3.05, 3.63) is 17.0 Å². The Labute approximate surface area is 148 Å². The highest BCUT2D eigenvalue weighted by Gasteiger charge is 2.15. The lowest BCUT2D eigenvalue weighted by Gasteiger charge is -2.27. The van der Waals surface area contributed by atoms with E-state index in [1.54, 1.807) is 0 Å². The smallest absolute Gasteiger partial charge is 0.191 e. The average Bonchev–Trinajstić information content (AvgIpc) is 2.80. The quantitative estimate of drug-likeness (QED) is 0.458. The van der Waals surface area contributed by atoms with Crippen molar-refractivity contribution in [2.75, 3.05) is 24.6 Å². The summed E-state index contributed by atoms with van der Waals surface area (Å²) < 4.78 is 1.98. The fourth-order valence-electron chi connectivity index (χ4n) is 2.62. The molecule has 1 aliphatic heterocycles. The van der Waals surface area contributed by atoms with Gasteiger partial charge in [0.15, 0.2) is 5.96 Å². The fourth-order valence-corrected chi connectivity index (χ4v) is 3.53. The first-order valence-corrected chi connectivity index (χ1v) is 8.49. The van der Waals surface area contributed by atoms with Crippen molar-refractivity contribution in [3.8, 4) is 0 Å². The molecule has 0 bridgehead atoms. The second-order valence-electron chi connectivity index (χ2n) is 4.98. The van der Waals surface area contributed by atoms with Crippen molar-refractivity contribution in [3.63, 3.8) is 0 Å². The Balaban J connectivity index is 0.00000220. The maximum Gasteiger partial charge on any atom is 0.191 e. The van der Waals surface area contributed by atoms with Crippen LogP contribution < -0.4 is 5.73 Å². The number of rotatable bonds is 4. The van der Waals surface area contributed by atoms with Gasteiger partial charge in [0.25, 0.3) is 0 Å². The second kappa shape index (κ2) is 8.87. The number of halogens is 1. The molecular weight excluding hydrogens is 397 g/mol. The normalized spacial score (nSPS) is 16.0. The predicted octanol–water partition coefficient (Wildman–Crippen LogP) is 2.03. The van der Waals surface area contributed by atoms with E-state index in [1.807, 2.05) is 23.5 Å². The number of hydrogen-bond donors (Lipinski definition) is 1. The molecule has 7 heteroatoms. The van der Waals surface area contributed by atoms with Crippen molar-refractivity contribution in [2.24, 2.45) is 17.8 Å². The highest BCUT2D eigenvalue weighted by molar-refractivity contribution is 14.0. The molecular formula is C14H26IN5S. The van der Waals surface area contributed by atoms with E-state index in [0.29, 0.717) is 12.5 Å². The Morgan fingerprint density at radius 3 is 2.52 bits per heavy atom. The van der Waals surface area contributed by atoms with Gasteiger partial charge in [0.05, 0.1) is 12.2 Å². The van der Waals surface area contributed by atoms with Crippen LogP contribution >= 0.6 is 35.7 Å². The van der Waals surface area contributed by atoms with Gasteiger partial charge in [0.1, 0.15) is 0 Å². The third-order valence-corrected chi connectivity index (χ3v) is 4.70. The van der Waals surface area contributed by atoms with Gasteiger partial charge in [0, 0.05) is 42.9 Å². The summed E-state index contributed by atoms with van der Waals surface area (Å²) in [4.78, 5) is 6.79. The molecule has 1 fully saturated rings. The molecule has 0 unspecified atom stereocenters. The molecule has 0 spiro atoms. The Morgan fingerprint density at radius 1 is 1.29 bits per heavy atom. The summed E-state index contributed by atoms with van der Waals surface area (Å²) >= 11 is 1.98. The molecule has 2 rings (SSSR count). The molecule has 0 saturated carbocycles. The molecule has 0 radical (unpaired) electrons. The Morgan fingerprint density at radius 2 is 1.95 bits per heavy atom. The third kappa shape index (κ3) is 4.51. The first-order valence-electron chi connectivity index (χ1n) is 7.33. The minimum absolute atomic E-state index is 0. The summed E-state index contributed by atoms with van der Waals surface area (Å²) in [7, 11) is 2.01. The van der Waals surface area contributed by atoms with Gasteiger partial charge < -0.3 is 10.6 Å². The van der Waals surface area contributed by atoms with Crippen molar-refractivity contribution in [2.45, 2.75) is 33.2 Å². The van der Waals surface area contributed by atoms with Crippen molar-refractivity contribution < 1.29 is 0 Å². The molecule has 5 nitrogen and oxygen atoms in total. The highest BCUT2D eigenvalue weighted by atomic mass is 127. The van der Waals surface area contributed by atoms with Crippen LogP contribution in [-0.4, -0.2) is 45.2 Å². The van der Waals surface area contributed by atoms with E-state index in [2.05, 4.69) is 28.8 Å². The van der Waals surface area contributed by atoms with Gasteiger partial charge in [-0.3, -0.25) is 4.68 Å². The van der Waals surface area contributed by atoms with E-state index in [1.165, 1.54) is 11.3 Å². The lowest BCUT2D eigenvalue weighted by atomic mass is 10.1. The molecule has 0 atom stereocenters. The minimum Gasteiger partial charge on any atom is -0.370 e. The highest BCUT2D eigenvalue weighted by Crippen LogP contribution is 2.17. The van der Waals surface area contributed by atoms with E-state index >= 15 is 0 Å². The molecule has 120 valence electrons. The van der Waals surface area contributed by atoms with Crippen LogP contribution in [0, 0.1) is 0 Å². The van der Waals surface area contributed by atoms with E-state index in [0.717, 1.165) is 43.1 Å². The second-order valence-corrected chi connectivity index (χ2v) is 6.20. The molecule has 1 aliphatic rings. The van der Waals surface area contributed by atoms with Gasteiger partial charge >= 0.3 is 0 Å². The molecule has 1 aromatic heterocycles. The minimum atomic E-state index is 0. The van der Waals surface area contributed by atoms with Gasteiger partial charge in [-0.1, -0.05) is 13.8 Å². The SMILES string of the molecule is CCc1nn(C)c(CC)c1CN=C(N)N1CCSCC1.I. The Kier molecular flexibility index (Phi) is 7.86. The molecule has 21 heavy (non-hydrogen) atoms. The van der Waals surface area contributed by atoms with Gasteiger partial charge in [0.2, 0.25) is 0 Å². The first-order chi connectivity index (χ1) is 9.67. The summed E-state index contributed by atoms with van der Waals surface area (Å²) in [6.45, 7) is 6.97. The zero-order valence-electron chi connectivity index (χ0n) is 13.1. The van der Waals surface area contributed by atoms with E-state index < -0.39 is 0 Å². The van der Waals surface area contributed by atoms with Crippen LogP contribution in [0.4, 0.5) is 0 Å². The number of aliphatic imine (C=N–C) groups is 1. The topological polar surface area (TPSA) is 59.4 Å². The number of nitrogens with two attached hydrogens (primary N) is 1. The molecule has 0 aliphatic carbocycles. The van der Waals surface area contributed by atoms with Gasteiger partial charge in [-0.2, -0.15) is 16.9 Å². The number of nitrogens with zero attached hydrogens (tertiary/aromatic N) is 4. The summed E-state index contributed by atoms with van der Waals surface area (Å²) in [5.74, 6) is 2.96. The third-order valence-electron chi connectivity index (χ3n) is 3.76. The maximum atomic E-state index is 6.13. The largest absolute Gasteiger partial charge is 0.370 e. The summed E-state index contributed by atoms with van der Waals surface area (Å²) in [6.07, 6.45) is 1.92. The predicted molar refractivity (Wildman–Crippen MR) is 102 cm³/mol. The van der Waals surface area contributed by atoms with E-state index in [-0.39, 0.29) is 24.0 Å². The first kappa shape index (κ1) is 18.6. The zero-order valence-corrected chi connectivity index (χ0v) is 16.3. The van der Waals surface area contributed by atoms with Crippen LogP contribution in [-0.2, 0) is 26.4 Å². The monoisotopic (exact) mass is 423 g/mol. The summed E-state index contributed by atoms with van der Waals surface area (Å²) in [5.41, 5.74) is 9.80. The van der Waals surface area contributed by atoms with Crippen molar-refractivity contribution in [1.29, 1.82) is 0 Å². The maximum absolute atomic E-state index is 6.13. The van der Waals surface area contributed by atoms with Crippen LogP contribution in [0.5, 0.6) is 0 Å². The number of guanidine groups is 1. The fraction of sp³-hybridized carbons (Fsp3) is 0.714. The molecule has 1 saturated heterocycles. The van der Waals surface area contributed by atoms with Crippen LogP contribution in [0.3, 0.4) is 0 Å². The summed E-state index contributed by atoms with van der Waals surface area (Å²) in [6, 6.07) is 0. The Hall–Kier alpha value is -0.440. The lowest BCUT2D eigenvalue weighted by Crippen LogP contribution is -2.42. The van der Waals surface area contributed by atoms with Crippen LogP contribution in [0.15, 0.2) is 4.99 Å². The summed E-state index contributed by atoms with van der Waals surface area (Å²) in [5, 5.41) is 4.58. The number of aromatic nitrogens is 2. The van der Waals surface area contributed by atoms with Crippen LogP contribution in [0.1, 0.15) is 30.8 Å². The lowest BCUT2D eigenvalue weighted by molar-refractivity contribution is 0.455. The molecule has 2 heterocycles. The molecule has 0 aromatic carbocycles. The van der Waals surface area contributed by atoms with Crippen molar-refractivity contribution >= 4 is 41.7 Å². The van der Waals surface area contributed by atoms with Gasteiger partial charge in [-0.05, 0) is 12.8 Å². The molecule has 2 N–H and O–H groups in total. The van der Waals surface area contributed by atoms with Gasteiger partial charge in [-0.15, -0.1) is 24.0 Å². The van der Waals surface area contributed by atoms with Gasteiger partial charge in [-0.25, -0.2) is 4.99 Å². The molecule has 0 amide bonds. The van der Waals surface area contributed by atoms with E-state index in [4.69, 9.17) is 5.73 Å². The Bertz CT molecular complexity index is 480. The average molecular weight is 423 g/mol. The number of hydrogen-bond acceptors (Lipinski definition) is 3. The number of aryl methyl sites for hydroxylation is 2. The van der Waals surface area contributed by atoms with Crippen LogP contribution in [0.2, 0.25) is 0 Å². The standard InChI is InChI=1S/C14H25N5S.HI/c1-4-12-11(13(5-2)18(3)17-12)10-16-14(15)19-6-8-20-9-7-19;/h4-10H2,1-3H3,(H2,15,16);1H. The van der Waals surface area contributed by atoms with Crippen LogP contribution in [0.25, 0.3) is 0 Å².